The summed E-state index contributed by atoms with van der Waals surface area (Å²) < 4.78 is 34.6. The molecule has 462 valence electrons. The number of esters is 2. The normalized spacial score (nSPS) is 14.1. The Hall–Kier alpha value is -3.85. The summed E-state index contributed by atoms with van der Waals surface area (Å²) in [6.07, 6.45) is 88.2. The minimum atomic E-state index is -4.41. The molecule has 0 radical (unpaired) electrons. The number of ether oxygens (including phenoxy) is 2. The van der Waals surface area contributed by atoms with Crippen molar-refractivity contribution in [2.24, 2.45) is 0 Å². The van der Waals surface area contributed by atoms with Gasteiger partial charge in [0.25, 0.3) is 0 Å². The molecular weight excluding hydrogens is 1030 g/mol. The van der Waals surface area contributed by atoms with Crippen molar-refractivity contribution in [3.05, 3.63) is 134 Å². The van der Waals surface area contributed by atoms with E-state index < -0.39 is 26.5 Å². The lowest BCUT2D eigenvalue weighted by atomic mass is 10.0. The van der Waals surface area contributed by atoms with Crippen molar-refractivity contribution in [3.8, 4) is 0 Å². The van der Waals surface area contributed by atoms with Gasteiger partial charge in [0.05, 0.1) is 27.7 Å². The molecular formula is C71H121NO8P+. The lowest BCUT2D eigenvalue weighted by molar-refractivity contribution is -0.870. The smallest absolute Gasteiger partial charge is 0.462 e. The summed E-state index contributed by atoms with van der Waals surface area (Å²) in [6.45, 7) is 4.29. The zero-order valence-electron chi connectivity index (χ0n) is 52.5. The second-order valence-electron chi connectivity index (χ2n) is 22.4. The molecule has 81 heavy (non-hydrogen) atoms. The predicted octanol–water partition coefficient (Wildman–Crippen LogP) is 20.9. The van der Waals surface area contributed by atoms with E-state index in [1.807, 2.05) is 21.1 Å². The molecule has 0 aromatic heterocycles. The maximum Gasteiger partial charge on any atom is 0.472 e. The highest BCUT2D eigenvalue weighted by Crippen LogP contribution is 2.43. The van der Waals surface area contributed by atoms with Gasteiger partial charge in [0, 0.05) is 12.8 Å². The van der Waals surface area contributed by atoms with Gasteiger partial charge >= 0.3 is 19.8 Å². The fourth-order valence-electron chi connectivity index (χ4n) is 8.49. The van der Waals surface area contributed by atoms with Crippen LogP contribution in [0.4, 0.5) is 0 Å². The van der Waals surface area contributed by atoms with Gasteiger partial charge < -0.3 is 18.9 Å². The third-order valence-electron chi connectivity index (χ3n) is 13.4. The summed E-state index contributed by atoms with van der Waals surface area (Å²) in [6, 6.07) is 0. The van der Waals surface area contributed by atoms with Crippen LogP contribution in [-0.4, -0.2) is 74.9 Å². The number of unbranched alkanes of at least 4 members (excludes halogenated alkanes) is 22. The highest BCUT2D eigenvalue weighted by molar-refractivity contribution is 7.47. The average Bonchev–Trinajstić information content (AvgIpc) is 3.43. The SMILES string of the molecule is CC/C=C\C/C=C\C/C=C\C/C=C\C/C=C\C/C=C\C/C=C\C/C=C\C/C=C\C/C=C\C/C=C\CCCCCC(=O)OC(COC(=O)CCCCCCCCCCCCCCCCCCCCCC)COP(=O)(O)OCC[N+](C)(C)C. The van der Waals surface area contributed by atoms with Crippen LogP contribution in [0.5, 0.6) is 0 Å². The van der Waals surface area contributed by atoms with E-state index in [0.717, 1.165) is 109 Å². The number of rotatable bonds is 58. The summed E-state index contributed by atoms with van der Waals surface area (Å²) in [5, 5.41) is 0. The molecule has 0 aromatic rings. The first-order valence-electron chi connectivity index (χ1n) is 32.4. The van der Waals surface area contributed by atoms with Gasteiger partial charge in [0.1, 0.15) is 19.8 Å². The number of allylic oxidation sites excluding steroid dienone is 22. The van der Waals surface area contributed by atoms with Gasteiger partial charge in [-0.1, -0.05) is 276 Å². The van der Waals surface area contributed by atoms with E-state index in [9.17, 15) is 19.0 Å². The van der Waals surface area contributed by atoms with Gasteiger partial charge in [0.2, 0.25) is 0 Å². The van der Waals surface area contributed by atoms with Gasteiger partial charge in [-0.2, -0.15) is 0 Å². The molecule has 2 unspecified atom stereocenters. The first-order chi connectivity index (χ1) is 39.5. The maximum atomic E-state index is 12.8. The molecule has 1 N–H and O–H groups in total. The Bertz CT molecular complexity index is 1830. The van der Waals surface area contributed by atoms with Crippen LogP contribution < -0.4 is 0 Å². The van der Waals surface area contributed by atoms with Crippen molar-refractivity contribution in [1.29, 1.82) is 0 Å². The molecule has 0 fully saturated rings. The first kappa shape index (κ1) is 77.2. The quantitative estimate of drug-likeness (QED) is 0.0211. The number of nitrogens with zero attached hydrogens (tertiary/aromatic N) is 1. The Labute approximate surface area is 498 Å². The molecule has 10 heteroatoms. The second-order valence-corrected chi connectivity index (χ2v) is 23.9. The molecule has 0 aliphatic carbocycles. The molecule has 0 saturated heterocycles. The standard InChI is InChI=1S/C71H120NO8P/c1-6-8-10-12-14-16-18-20-22-24-26-28-29-30-31-32-33-34-35-36-37-38-39-40-41-42-43-44-46-48-50-52-54-56-58-60-62-64-71(74)80-69(68-79-81(75,76)78-66-65-72(3,4)5)67-77-70(73)63-61-59-57-55-53-51-49-47-45-27-25-23-21-19-17-15-13-11-9-7-2/h8,10,14,16,20,22,26,28,30-31,33-34,36-37,39-40,42-43,46,48,52,54,69H,6-7,9,11-13,15,17-19,21,23-25,27,29,32,35,38,41,44-45,47,49-51,53,55-68H2,1-5H3/p+1/b10-8-,16-14-,22-20-,28-26-,31-30-,34-33-,37-36-,40-39-,43-42-,48-46-,54-52-. The molecule has 0 heterocycles. The van der Waals surface area contributed by atoms with E-state index in [1.54, 1.807) is 0 Å². The van der Waals surface area contributed by atoms with E-state index in [2.05, 4.69) is 148 Å². The number of hydrogen-bond acceptors (Lipinski definition) is 7. The fourth-order valence-corrected chi connectivity index (χ4v) is 9.23. The third-order valence-corrected chi connectivity index (χ3v) is 14.4. The van der Waals surface area contributed by atoms with Crippen molar-refractivity contribution in [1.82, 2.24) is 0 Å². The number of quaternary nitrogens is 1. The maximum absolute atomic E-state index is 12.8. The average molecular weight is 1150 g/mol. The van der Waals surface area contributed by atoms with Crippen LogP contribution in [0.15, 0.2) is 134 Å². The Morgan fingerprint density at radius 2 is 0.704 bits per heavy atom. The summed E-state index contributed by atoms with van der Waals surface area (Å²) >= 11 is 0. The van der Waals surface area contributed by atoms with Crippen LogP contribution in [0.3, 0.4) is 0 Å². The van der Waals surface area contributed by atoms with Crippen molar-refractivity contribution in [2.45, 2.75) is 258 Å². The molecule has 0 aromatic carbocycles. The monoisotopic (exact) mass is 1150 g/mol. The predicted molar refractivity (Wildman–Crippen MR) is 348 cm³/mol. The van der Waals surface area contributed by atoms with E-state index in [0.29, 0.717) is 17.4 Å². The minimum absolute atomic E-state index is 0.0193. The van der Waals surface area contributed by atoms with Crippen molar-refractivity contribution < 1.29 is 42.1 Å². The molecule has 0 amide bonds. The van der Waals surface area contributed by atoms with Crippen molar-refractivity contribution in [2.75, 3.05) is 47.5 Å². The molecule has 0 spiro atoms. The van der Waals surface area contributed by atoms with Crippen LogP contribution in [0.2, 0.25) is 0 Å². The second kappa shape index (κ2) is 60.7. The van der Waals surface area contributed by atoms with E-state index in [1.165, 1.54) is 109 Å². The van der Waals surface area contributed by atoms with E-state index >= 15 is 0 Å². The lowest BCUT2D eigenvalue weighted by Gasteiger charge is -2.24. The van der Waals surface area contributed by atoms with E-state index in [-0.39, 0.29) is 32.0 Å². The van der Waals surface area contributed by atoms with Gasteiger partial charge in [-0.3, -0.25) is 18.6 Å². The largest absolute Gasteiger partial charge is 0.472 e. The Morgan fingerprint density at radius 3 is 1.05 bits per heavy atom. The molecule has 0 aliphatic heterocycles. The number of hydrogen-bond donors (Lipinski definition) is 1. The molecule has 9 nitrogen and oxygen atoms in total. The van der Waals surface area contributed by atoms with Gasteiger partial charge in [-0.05, 0) is 96.3 Å². The molecule has 2 atom stereocenters. The summed E-state index contributed by atoms with van der Waals surface area (Å²) in [5.74, 6) is -0.837. The minimum Gasteiger partial charge on any atom is -0.462 e. The van der Waals surface area contributed by atoms with Gasteiger partial charge in [-0.25, -0.2) is 4.57 Å². The fraction of sp³-hybridized carbons (Fsp3) is 0.662. The van der Waals surface area contributed by atoms with E-state index in [4.69, 9.17) is 18.5 Å². The van der Waals surface area contributed by atoms with Crippen LogP contribution in [0.1, 0.15) is 251 Å². The summed E-state index contributed by atoms with van der Waals surface area (Å²) in [4.78, 5) is 35.8. The van der Waals surface area contributed by atoms with Crippen LogP contribution in [-0.2, 0) is 32.7 Å². The third kappa shape index (κ3) is 65.2. The first-order valence-corrected chi connectivity index (χ1v) is 33.9. The number of likely N-dealkylation sites (N-methyl/N-ethyl adjacent to an activating group) is 1. The number of phosphoric ester groups is 1. The van der Waals surface area contributed by atoms with Gasteiger partial charge in [-0.15, -0.1) is 0 Å². The highest BCUT2D eigenvalue weighted by atomic mass is 31.2. The van der Waals surface area contributed by atoms with Crippen LogP contribution >= 0.6 is 7.82 Å². The number of carbonyl (C=O) groups excluding carboxylic acids is 2. The Morgan fingerprint density at radius 1 is 0.395 bits per heavy atom. The van der Waals surface area contributed by atoms with Crippen molar-refractivity contribution in [3.63, 3.8) is 0 Å². The Kier molecular flexibility index (Phi) is 57.8. The molecule has 0 saturated carbocycles. The highest BCUT2D eigenvalue weighted by Gasteiger charge is 2.27. The zero-order valence-corrected chi connectivity index (χ0v) is 53.4. The Balaban J connectivity index is 4.22. The van der Waals surface area contributed by atoms with Crippen LogP contribution in [0, 0.1) is 0 Å². The van der Waals surface area contributed by atoms with Crippen LogP contribution in [0.25, 0.3) is 0 Å². The molecule has 0 bridgehead atoms. The zero-order chi connectivity index (χ0) is 59.1. The lowest BCUT2D eigenvalue weighted by Crippen LogP contribution is -2.37. The van der Waals surface area contributed by atoms with Gasteiger partial charge in [0.15, 0.2) is 6.10 Å². The molecule has 0 rings (SSSR count). The number of phosphoric acid groups is 1. The van der Waals surface area contributed by atoms with Crippen molar-refractivity contribution >= 4 is 19.8 Å². The molecule has 0 aliphatic rings. The number of carbonyl (C=O) groups is 2. The summed E-state index contributed by atoms with van der Waals surface area (Å²) in [5.41, 5.74) is 0. The topological polar surface area (TPSA) is 108 Å². The summed E-state index contributed by atoms with van der Waals surface area (Å²) in [7, 11) is 1.44.